The zero-order valence-corrected chi connectivity index (χ0v) is 10.9. The van der Waals surface area contributed by atoms with Crippen LogP contribution in [0.5, 0.6) is 0 Å². The number of hydrogen-bond acceptors (Lipinski definition) is 3. The molecule has 1 aliphatic rings. The third-order valence-corrected chi connectivity index (χ3v) is 3.63. The molecule has 2 N–H and O–H groups in total. The molecular formula is C13H13F3N4O. The van der Waals surface area contributed by atoms with Crippen molar-refractivity contribution in [2.75, 3.05) is 11.4 Å². The number of nitrogens with one attached hydrogen (secondary N) is 2. The van der Waals surface area contributed by atoms with Crippen LogP contribution >= 0.6 is 0 Å². The van der Waals surface area contributed by atoms with Gasteiger partial charge in [0.15, 0.2) is 0 Å². The van der Waals surface area contributed by atoms with Crippen molar-refractivity contribution in [2.45, 2.75) is 25.1 Å². The van der Waals surface area contributed by atoms with Crippen molar-refractivity contribution in [1.82, 2.24) is 15.2 Å². The molecule has 5 nitrogen and oxygen atoms in total. The molecule has 112 valence electrons. The second kappa shape index (κ2) is 4.94. The lowest BCUT2D eigenvalue weighted by Crippen LogP contribution is -2.35. The summed E-state index contributed by atoms with van der Waals surface area (Å²) in [6.45, 7) is 0.524. The number of rotatable bonds is 2. The smallest absolute Gasteiger partial charge is 0.364 e. The van der Waals surface area contributed by atoms with Crippen LogP contribution in [-0.4, -0.2) is 27.9 Å². The summed E-state index contributed by atoms with van der Waals surface area (Å²) in [6.07, 6.45) is -4.25. The Bertz CT molecular complexity index is 691. The van der Waals surface area contributed by atoms with Crippen molar-refractivity contribution in [3.8, 4) is 0 Å². The zero-order chi connectivity index (χ0) is 15.0. The lowest BCUT2D eigenvalue weighted by Gasteiger charge is -2.35. The van der Waals surface area contributed by atoms with Crippen LogP contribution in [0.4, 0.5) is 18.9 Å². The Labute approximate surface area is 117 Å². The molecule has 0 aliphatic carbocycles. The van der Waals surface area contributed by atoms with Crippen LogP contribution in [0.2, 0.25) is 0 Å². The van der Waals surface area contributed by atoms with E-state index in [4.69, 9.17) is 0 Å². The molecule has 0 saturated heterocycles. The second-order valence-corrected chi connectivity index (χ2v) is 4.99. The van der Waals surface area contributed by atoms with E-state index in [0.717, 1.165) is 0 Å². The Morgan fingerprint density at radius 1 is 1.33 bits per heavy atom. The highest BCUT2D eigenvalue weighted by Gasteiger charge is 2.44. The fraction of sp³-hybridized carbons (Fsp3) is 0.385. The number of aromatic nitrogens is 3. The average Bonchev–Trinajstić information content (AvgIpc) is 2.83. The van der Waals surface area contributed by atoms with Crippen LogP contribution in [0.15, 0.2) is 29.1 Å². The largest absolute Gasteiger partial charge is 0.395 e. The fourth-order valence-electron chi connectivity index (χ4n) is 2.70. The maximum absolute atomic E-state index is 13.1. The van der Waals surface area contributed by atoms with Gasteiger partial charge in [0.05, 0.1) is 12.5 Å². The van der Waals surface area contributed by atoms with Crippen molar-refractivity contribution < 1.29 is 13.2 Å². The number of alkyl halides is 3. The summed E-state index contributed by atoms with van der Waals surface area (Å²) in [5.41, 5.74) is 0.382. The monoisotopic (exact) mass is 298 g/mol. The molecule has 0 amide bonds. The lowest BCUT2D eigenvalue weighted by atomic mass is 9.89. The summed E-state index contributed by atoms with van der Waals surface area (Å²) in [4.78, 5) is 15.3. The van der Waals surface area contributed by atoms with Gasteiger partial charge in [-0.15, -0.1) is 0 Å². The first-order valence-electron chi connectivity index (χ1n) is 6.49. The number of aromatic amines is 2. The summed E-state index contributed by atoms with van der Waals surface area (Å²) in [5, 5.41) is 6.04. The molecule has 2 aromatic rings. The fourth-order valence-corrected chi connectivity index (χ4v) is 2.70. The van der Waals surface area contributed by atoms with E-state index < -0.39 is 17.8 Å². The Morgan fingerprint density at radius 3 is 2.76 bits per heavy atom. The van der Waals surface area contributed by atoms with E-state index in [1.54, 1.807) is 23.1 Å². The molecule has 0 unspecified atom stereocenters. The van der Waals surface area contributed by atoms with Crippen molar-refractivity contribution in [3.05, 3.63) is 46.1 Å². The molecule has 1 aliphatic heterocycles. The van der Waals surface area contributed by atoms with Gasteiger partial charge in [-0.25, -0.2) is 9.89 Å². The van der Waals surface area contributed by atoms with E-state index >= 15 is 0 Å². The number of para-hydroxylation sites is 1. The molecule has 0 spiro atoms. The summed E-state index contributed by atoms with van der Waals surface area (Å²) in [6, 6.07) is 6.49. The van der Waals surface area contributed by atoms with E-state index in [1.807, 2.05) is 0 Å². The molecule has 3 rings (SSSR count). The predicted octanol–water partition coefficient (Wildman–Crippen LogP) is 2.15. The summed E-state index contributed by atoms with van der Waals surface area (Å²) in [5.74, 6) is -1.04. The van der Waals surface area contributed by atoms with Gasteiger partial charge in [0.2, 0.25) is 0 Å². The lowest BCUT2D eigenvalue weighted by molar-refractivity contribution is -0.152. The molecule has 1 aromatic heterocycles. The van der Waals surface area contributed by atoms with E-state index in [0.29, 0.717) is 11.5 Å². The summed E-state index contributed by atoms with van der Waals surface area (Å²) < 4.78 is 39.3. The van der Waals surface area contributed by atoms with Crippen molar-refractivity contribution in [2.24, 2.45) is 0 Å². The minimum atomic E-state index is -4.25. The molecule has 0 radical (unpaired) electrons. The van der Waals surface area contributed by atoms with E-state index in [9.17, 15) is 18.0 Å². The standard InChI is InChI=1S/C13H13F3N4O/c14-13(15,16)9-5-6-20(7-11-17-12(21)19-18-11)10-4-2-1-3-8(9)10/h1-4,9H,5-7H2,(H2,17,18,19,21)/t9-/m1/s1. The highest BCUT2D eigenvalue weighted by molar-refractivity contribution is 5.57. The number of halogens is 3. The molecule has 2 heterocycles. The minimum Gasteiger partial charge on any atom is -0.364 e. The Hall–Kier alpha value is -2.25. The van der Waals surface area contributed by atoms with E-state index in [2.05, 4.69) is 15.2 Å². The van der Waals surface area contributed by atoms with Crippen LogP contribution in [0.3, 0.4) is 0 Å². The first-order chi connectivity index (χ1) is 9.95. The van der Waals surface area contributed by atoms with Gasteiger partial charge in [0.1, 0.15) is 5.82 Å². The number of H-pyrrole nitrogens is 2. The normalized spacial score (nSPS) is 18.6. The first kappa shape index (κ1) is 13.7. The summed E-state index contributed by atoms with van der Waals surface area (Å²) in [7, 11) is 0. The van der Waals surface area contributed by atoms with Crippen LogP contribution in [0.25, 0.3) is 0 Å². The van der Waals surface area contributed by atoms with Crippen LogP contribution in [0.1, 0.15) is 23.7 Å². The maximum Gasteiger partial charge on any atom is 0.395 e. The average molecular weight is 298 g/mol. The highest BCUT2D eigenvalue weighted by Crippen LogP contribution is 2.44. The Balaban J connectivity index is 1.93. The van der Waals surface area contributed by atoms with Gasteiger partial charge in [-0.1, -0.05) is 18.2 Å². The van der Waals surface area contributed by atoms with Gasteiger partial charge in [0.25, 0.3) is 0 Å². The van der Waals surface area contributed by atoms with Crippen molar-refractivity contribution in [1.29, 1.82) is 0 Å². The molecular weight excluding hydrogens is 285 g/mol. The van der Waals surface area contributed by atoms with Gasteiger partial charge in [-0.05, 0) is 18.1 Å². The zero-order valence-electron chi connectivity index (χ0n) is 10.9. The third kappa shape index (κ3) is 2.65. The molecule has 0 bridgehead atoms. The van der Waals surface area contributed by atoms with E-state index in [-0.39, 0.29) is 25.1 Å². The molecule has 0 fully saturated rings. The number of hydrogen-bond donors (Lipinski definition) is 2. The second-order valence-electron chi connectivity index (χ2n) is 4.99. The Kier molecular flexibility index (Phi) is 3.23. The number of benzene rings is 1. The number of fused-ring (bicyclic) bond motifs is 1. The highest BCUT2D eigenvalue weighted by atomic mass is 19.4. The quantitative estimate of drug-likeness (QED) is 0.893. The molecule has 8 heteroatoms. The maximum atomic E-state index is 13.1. The van der Waals surface area contributed by atoms with Gasteiger partial charge >= 0.3 is 11.9 Å². The van der Waals surface area contributed by atoms with Crippen molar-refractivity contribution in [3.63, 3.8) is 0 Å². The third-order valence-electron chi connectivity index (χ3n) is 3.63. The van der Waals surface area contributed by atoms with Crippen LogP contribution in [0, 0.1) is 0 Å². The van der Waals surface area contributed by atoms with Gasteiger partial charge in [-0.2, -0.15) is 18.3 Å². The SMILES string of the molecule is O=c1[nH]nc(CN2CC[C@@H](C(F)(F)F)c3ccccc32)[nH]1. The van der Waals surface area contributed by atoms with Gasteiger partial charge in [0, 0.05) is 12.2 Å². The van der Waals surface area contributed by atoms with Gasteiger partial charge < -0.3 is 4.90 Å². The topological polar surface area (TPSA) is 64.8 Å². The molecule has 0 saturated carbocycles. The Morgan fingerprint density at radius 2 is 2.10 bits per heavy atom. The minimum absolute atomic E-state index is 0.00479. The number of nitrogens with zero attached hydrogens (tertiary/aromatic N) is 2. The van der Waals surface area contributed by atoms with Crippen LogP contribution < -0.4 is 10.6 Å². The van der Waals surface area contributed by atoms with Gasteiger partial charge in [-0.3, -0.25) is 4.98 Å². The van der Waals surface area contributed by atoms with E-state index in [1.165, 1.54) is 6.07 Å². The first-order valence-corrected chi connectivity index (χ1v) is 6.49. The van der Waals surface area contributed by atoms with Crippen molar-refractivity contribution >= 4 is 5.69 Å². The summed E-state index contributed by atoms with van der Waals surface area (Å²) >= 11 is 0. The number of anilines is 1. The predicted molar refractivity (Wildman–Crippen MR) is 70.1 cm³/mol. The molecule has 1 aromatic carbocycles. The molecule has 1 atom stereocenters. The van der Waals surface area contributed by atoms with Crippen LogP contribution in [-0.2, 0) is 6.54 Å². The molecule has 21 heavy (non-hydrogen) atoms.